The van der Waals surface area contributed by atoms with Crippen LogP contribution in [0.4, 0.5) is 0 Å². The van der Waals surface area contributed by atoms with Crippen LogP contribution in [0.2, 0.25) is 0 Å². The van der Waals surface area contributed by atoms with Crippen molar-refractivity contribution in [2.45, 2.75) is 40.2 Å². The largest absolute Gasteiger partial charge is 0.382 e. The molecule has 0 bridgehead atoms. The second-order valence-electron chi connectivity index (χ2n) is 4.26. The maximum atomic E-state index is 5.76. The van der Waals surface area contributed by atoms with Gasteiger partial charge in [0, 0.05) is 7.11 Å². The summed E-state index contributed by atoms with van der Waals surface area (Å²) in [6.45, 7) is 9.49. The molecule has 2 nitrogen and oxygen atoms in total. The van der Waals surface area contributed by atoms with Gasteiger partial charge in [-0.05, 0) is 31.2 Å². The van der Waals surface area contributed by atoms with Gasteiger partial charge in [0.2, 0.25) is 0 Å². The molecular formula is C10H23NO. The van der Waals surface area contributed by atoms with E-state index in [4.69, 9.17) is 10.5 Å². The van der Waals surface area contributed by atoms with E-state index in [0.29, 0.717) is 12.0 Å². The van der Waals surface area contributed by atoms with Gasteiger partial charge in [0.15, 0.2) is 0 Å². The standard InChI is InChI=1S/C10H23NO/c1-8(2)10(4,7-11)6-9(3)12-5/h8-9H,6-7,11H2,1-5H3. The molecule has 0 heterocycles. The fraction of sp³-hybridized carbons (Fsp3) is 1.00. The van der Waals surface area contributed by atoms with Crippen molar-refractivity contribution in [1.82, 2.24) is 0 Å². The number of ether oxygens (including phenoxy) is 1. The molecule has 0 aromatic heterocycles. The SMILES string of the molecule is COC(C)CC(C)(CN)C(C)C. The Bertz CT molecular complexity index is 125. The van der Waals surface area contributed by atoms with Crippen LogP contribution in [0.3, 0.4) is 0 Å². The fourth-order valence-electron chi connectivity index (χ4n) is 1.29. The first kappa shape index (κ1) is 11.9. The van der Waals surface area contributed by atoms with Crippen LogP contribution in [0.15, 0.2) is 0 Å². The Morgan fingerprint density at radius 3 is 2.08 bits per heavy atom. The van der Waals surface area contributed by atoms with Crippen molar-refractivity contribution in [3.8, 4) is 0 Å². The van der Waals surface area contributed by atoms with Crippen molar-refractivity contribution in [2.75, 3.05) is 13.7 Å². The molecule has 0 rings (SSSR count). The normalized spacial score (nSPS) is 19.2. The van der Waals surface area contributed by atoms with Gasteiger partial charge in [0.1, 0.15) is 0 Å². The van der Waals surface area contributed by atoms with E-state index in [9.17, 15) is 0 Å². The highest BCUT2D eigenvalue weighted by molar-refractivity contribution is 4.80. The van der Waals surface area contributed by atoms with E-state index in [2.05, 4.69) is 27.7 Å². The smallest absolute Gasteiger partial charge is 0.0549 e. The molecule has 12 heavy (non-hydrogen) atoms. The third kappa shape index (κ3) is 3.11. The highest BCUT2D eigenvalue weighted by Crippen LogP contribution is 2.31. The predicted octanol–water partition coefficient (Wildman–Crippen LogP) is 2.03. The van der Waals surface area contributed by atoms with Crippen molar-refractivity contribution < 1.29 is 4.74 Å². The van der Waals surface area contributed by atoms with Crippen LogP contribution in [-0.2, 0) is 4.74 Å². The Balaban J connectivity index is 4.14. The Labute approximate surface area is 76.5 Å². The average Bonchev–Trinajstić information content (AvgIpc) is 2.03. The lowest BCUT2D eigenvalue weighted by Crippen LogP contribution is -2.35. The quantitative estimate of drug-likeness (QED) is 0.690. The molecule has 0 amide bonds. The van der Waals surface area contributed by atoms with E-state index >= 15 is 0 Å². The second kappa shape index (κ2) is 4.83. The van der Waals surface area contributed by atoms with Gasteiger partial charge in [-0.15, -0.1) is 0 Å². The van der Waals surface area contributed by atoms with Crippen molar-refractivity contribution >= 4 is 0 Å². The molecule has 74 valence electrons. The van der Waals surface area contributed by atoms with Crippen LogP contribution in [-0.4, -0.2) is 19.8 Å². The Kier molecular flexibility index (Phi) is 4.80. The Morgan fingerprint density at radius 2 is 1.83 bits per heavy atom. The molecule has 2 atom stereocenters. The van der Waals surface area contributed by atoms with Gasteiger partial charge in [0.25, 0.3) is 0 Å². The average molecular weight is 173 g/mol. The molecule has 0 aromatic rings. The molecular weight excluding hydrogens is 150 g/mol. The lowest BCUT2D eigenvalue weighted by Gasteiger charge is -2.34. The lowest BCUT2D eigenvalue weighted by molar-refractivity contribution is 0.0545. The van der Waals surface area contributed by atoms with Gasteiger partial charge >= 0.3 is 0 Å². The maximum Gasteiger partial charge on any atom is 0.0549 e. The number of methoxy groups -OCH3 is 1. The first-order valence-corrected chi connectivity index (χ1v) is 4.69. The summed E-state index contributed by atoms with van der Waals surface area (Å²) in [5.74, 6) is 0.611. The number of nitrogens with two attached hydrogens (primary N) is 1. The summed E-state index contributed by atoms with van der Waals surface area (Å²) in [6, 6.07) is 0. The van der Waals surface area contributed by atoms with E-state index in [1.54, 1.807) is 7.11 Å². The summed E-state index contributed by atoms with van der Waals surface area (Å²) < 4.78 is 5.24. The second-order valence-corrected chi connectivity index (χ2v) is 4.26. The third-order valence-electron chi connectivity index (χ3n) is 3.02. The topological polar surface area (TPSA) is 35.2 Å². The van der Waals surface area contributed by atoms with Crippen molar-refractivity contribution in [3.63, 3.8) is 0 Å². The zero-order chi connectivity index (χ0) is 9.78. The molecule has 0 fully saturated rings. The molecule has 0 aromatic carbocycles. The van der Waals surface area contributed by atoms with Crippen molar-refractivity contribution in [2.24, 2.45) is 17.1 Å². The van der Waals surface area contributed by atoms with Gasteiger partial charge in [-0.25, -0.2) is 0 Å². The molecule has 2 unspecified atom stereocenters. The summed E-state index contributed by atoms with van der Waals surface area (Å²) in [4.78, 5) is 0. The molecule has 2 heteroatoms. The summed E-state index contributed by atoms with van der Waals surface area (Å²) in [7, 11) is 1.75. The van der Waals surface area contributed by atoms with Gasteiger partial charge in [0.05, 0.1) is 6.10 Å². The number of hydrogen-bond donors (Lipinski definition) is 1. The molecule has 0 spiro atoms. The minimum Gasteiger partial charge on any atom is -0.382 e. The molecule has 0 aliphatic heterocycles. The van der Waals surface area contributed by atoms with Crippen molar-refractivity contribution in [1.29, 1.82) is 0 Å². The van der Waals surface area contributed by atoms with Crippen LogP contribution in [0.25, 0.3) is 0 Å². The highest BCUT2D eigenvalue weighted by Gasteiger charge is 2.28. The number of rotatable bonds is 5. The minimum atomic E-state index is 0.218. The summed E-state index contributed by atoms with van der Waals surface area (Å²) in [5.41, 5.74) is 5.97. The summed E-state index contributed by atoms with van der Waals surface area (Å²) in [6.07, 6.45) is 1.35. The molecule has 2 N–H and O–H groups in total. The van der Waals surface area contributed by atoms with Crippen LogP contribution < -0.4 is 5.73 Å². The van der Waals surface area contributed by atoms with E-state index in [1.165, 1.54) is 0 Å². The van der Waals surface area contributed by atoms with Gasteiger partial charge < -0.3 is 10.5 Å². The van der Waals surface area contributed by atoms with Gasteiger partial charge in [-0.1, -0.05) is 20.8 Å². The first-order valence-electron chi connectivity index (χ1n) is 4.69. The number of hydrogen-bond acceptors (Lipinski definition) is 2. The summed E-state index contributed by atoms with van der Waals surface area (Å²) in [5, 5.41) is 0. The summed E-state index contributed by atoms with van der Waals surface area (Å²) >= 11 is 0. The van der Waals surface area contributed by atoms with E-state index in [1.807, 2.05) is 0 Å². The molecule has 0 aliphatic carbocycles. The minimum absolute atomic E-state index is 0.218. The molecule has 0 saturated carbocycles. The Hall–Kier alpha value is -0.0800. The van der Waals surface area contributed by atoms with Crippen LogP contribution in [0, 0.1) is 11.3 Å². The monoisotopic (exact) mass is 173 g/mol. The predicted molar refractivity (Wildman–Crippen MR) is 53.1 cm³/mol. The van der Waals surface area contributed by atoms with Crippen molar-refractivity contribution in [3.05, 3.63) is 0 Å². The molecule has 0 saturated heterocycles. The molecule has 0 radical (unpaired) electrons. The van der Waals surface area contributed by atoms with E-state index < -0.39 is 0 Å². The lowest BCUT2D eigenvalue weighted by atomic mass is 9.75. The first-order chi connectivity index (χ1) is 5.46. The molecule has 0 aliphatic rings. The fourth-order valence-corrected chi connectivity index (χ4v) is 1.29. The van der Waals surface area contributed by atoms with Crippen LogP contribution in [0.1, 0.15) is 34.1 Å². The Morgan fingerprint density at radius 1 is 1.33 bits per heavy atom. The van der Waals surface area contributed by atoms with E-state index in [0.717, 1.165) is 13.0 Å². The zero-order valence-corrected chi connectivity index (χ0v) is 9.05. The third-order valence-corrected chi connectivity index (χ3v) is 3.02. The van der Waals surface area contributed by atoms with E-state index in [-0.39, 0.29) is 5.41 Å². The maximum absolute atomic E-state index is 5.76. The van der Waals surface area contributed by atoms with Crippen LogP contribution in [0.5, 0.6) is 0 Å². The zero-order valence-electron chi connectivity index (χ0n) is 9.05. The van der Waals surface area contributed by atoms with Crippen LogP contribution >= 0.6 is 0 Å². The van der Waals surface area contributed by atoms with Gasteiger partial charge in [-0.2, -0.15) is 0 Å². The highest BCUT2D eigenvalue weighted by atomic mass is 16.5. The van der Waals surface area contributed by atoms with Gasteiger partial charge in [-0.3, -0.25) is 0 Å².